The number of nitrogens with one attached hydrogen (secondary N) is 1. The fraction of sp³-hybridized carbons (Fsp3) is 0.261. The summed E-state index contributed by atoms with van der Waals surface area (Å²) in [6.45, 7) is 0. The molecule has 0 spiro atoms. The van der Waals surface area contributed by atoms with Gasteiger partial charge in [-0.3, -0.25) is 4.79 Å². The van der Waals surface area contributed by atoms with Crippen molar-refractivity contribution < 1.29 is 14.3 Å². The van der Waals surface area contributed by atoms with Gasteiger partial charge in [-0.05, 0) is 54.8 Å². The first-order chi connectivity index (χ1) is 14.7. The molecular weight excluding hydrogens is 380 g/mol. The van der Waals surface area contributed by atoms with E-state index in [1.807, 2.05) is 53.2 Å². The quantitative estimate of drug-likeness (QED) is 0.711. The van der Waals surface area contributed by atoms with Crippen molar-refractivity contribution in [3.8, 4) is 22.9 Å². The lowest BCUT2D eigenvalue weighted by Gasteiger charge is -2.32. The van der Waals surface area contributed by atoms with Crippen LogP contribution in [-0.2, 0) is 4.79 Å². The molecule has 1 atom stereocenters. The van der Waals surface area contributed by atoms with Crippen LogP contribution in [0.4, 0.5) is 5.95 Å². The molecule has 7 heteroatoms. The maximum absolute atomic E-state index is 12.9. The van der Waals surface area contributed by atoms with E-state index in [0.717, 1.165) is 46.7 Å². The maximum Gasteiger partial charge on any atom is 0.226 e. The number of benzene rings is 2. The first-order valence-corrected chi connectivity index (χ1v) is 9.96. The molecule has 2 aromatic carbocycles. The van der Waals surface area contributed by atoms with Gasteiger partial charge in [-0.25, -0.2) is 4.68 Å². The lowest BCUT2D eigenvalue weighted by molar-refractivity contribution is -0.116. The molecule has 3 aromatic rings. The van der Waals surface area contributed by atoms with Crippen molar-refractivity contribution in [2.45, 2.75) is 25.3 Å². The van der Waals surface area contributed by atoms with Crippen molar-refractivity contribution in [1.29, 1.82) is 0 Å². The van der Waals surface area contributed by atoms with Crippen molar-refractivity contribution in [2.75, 3.05) is 19.5 Å². The highest BCUT2D eigenvalue weighted by molar-refractivity contribution is 5.99. The average Bonchev–Trinajstić information content (AvgIpc) is 3.22. The minimum Gasteiger partial charge on any atom is -0.497 e. The summed E-state index contributed by atoms with van der Waals surface area (Å²) in [4.78, 5) is 17.6. The normalized spacial score (nSPS) is 17.8. The number of hydrogen-bond acceptors (Lipinski definition) is 6. The molecule has 0 amide bonds. The summed E-state index contributed by atoms with van der Waals surface area (Å²) < 4.78 is 12.4. The van der Waals surface area contributed by atoms with E-state index < -0.39 is 0 Å². The molecule has 0 bridgehead atoms. The molecule has 0 saturated heterocycles. The predicted molar refractivity (Wildman–Crippen MR) is 113 cm³/mol. The summed E-state index contributed by atoms with van der Waals surface area (Å²) in [5, 5.41) is 8.15. The van der Waals surface area contributed by atoms with Crippen LogP contribution >= 0.6 is 0 Å². The number of methoxy groups -OCH3 is 2. The predicted octanol–water partition coefficient (Wildman–Crippen LogP) is 3.98. The Hall–Kier alpha value is -3.61. The van der Waals surface area contributed by atoms with Crippen LogP contribution in [0.15, 0.2) is 59.8 Å². The number of carbonyl (C=O) groups is 1. The minimum atomic E-state index is -0.311. The van der Waals surface area contributed by atoms with E-state index >= 15 is 0 Å². The van der Waals surface area contributed by atoms with Crippen molar-refractivity contribution in [3.63, 3.8) is 0 Å². The van der Waals surface area contributed by atoms with E-state index in [4.69, 9.17) is 19.6 Å². The van der Waals surface area contributed by atoms with Gasteiger partial charge in [-0.15, -0.1) is 5.10 Å². The van der Waals surface area contributed by atoms with Gasteiger partial charge in [-0.2, -0.15) is 4.98 Å². The maximum atomic E-state index is 12.9. The van der Waals surface area contributed by atoms with Crippen LogP contribution in [0.25, 0.3) is 11.4 Å². The number of nitrogens with zero attached hydrogens (tertiary/aromatic N) is 3. The van der Waals surface area contributed by atoms with Crippen LogP contribution in [0.5, 0.6) is 11.5 Å². The summed E-state index contributed by atoms with van der Waals surface area (Å²) in [7, 11) is 3.28. The molecule has 1 aliphatic carbocycles. The number of anilines is 1. The zero-order chi connectivity index (χ0) is 20.7. The van der Waals surface area contributed by atoms with Gasteiger partial charge in [-0.1, -0.05) is 12.1 Å². The van der Waals surface area contributed by atoms with Gasteiger partial charge in [0.15, 0.2) is 11.6 Å². The highest BCUT2D eigenvalue weighted by Crippen LogP contribution is 2.41. The van der Waals surface area contributed by atoms with Gasteiger partial charge in [0.25, 0.3) is 0 Å². The second kappa shape index (κ2) is 7.33. The Morgan fingerprint density at radius 2 is 1.63 bits per heavy atom. The molecule has 1 aromatic heterocycles. The van der Waals surface area contributed by atoms with E-state index in [1.165, 1.54) is 0 Å². The Morgan fingerprint density at radius 1 is 0.967 bits per heavy atom. The Kier molecular flexibility index (Phi) is 4.50. The third-order valence-electron chi connectivity index (χ3n) is 5.65. The molecule has 1 aliphatic heterocycles. The molecule has 0 fully saturated rings. The topological polar surface area (TPSA) is 78.3 Å². The van der Waals surface area contributed by atoms with Gasteiger partial charge in [0.2, 0.25) is 5.95 Å². The number of allylic oxidation sites excluding steroid dienone is 2. The molecule has 1 unspecified atom stereocenters. The van der Waals surface area contributed by atoms with Crippen LogP contribution in [0.1, 0.15) is 30.9 Å². The molecule has 7 nitrogen and oxygen atoms in total. The molecule has 1 N–H and O–H groups in total. The fourth-order valence-electron chi connectivity index (χ4n) is 4.11. The minimum absolute atomic E-state index is 0.164. The average molecular weight is 402 g/mol. The number of ether oxygens (including phenoxy) is 2. The Balaban J connectivity index is 1.62. The molecular formula is C23H22N4O3. The van der Waals surface area contributed by atoms with E-state index in [9.17, 15) is 4.79 Å². The number of rotatable bonds is 4. The van der Waals surface area contributed by atoms with Gasteiger partial charge in [0.1, 0.15) is 17.5 Å². The van der Waals surface area contributed by atoms with E-state index in [0.29, 0.717) is 18.2 Å². The summed E-state index contributed by atoms with van der Waals surface area (Å²) in [6.07, 6.45) is 2.24. The lowest BCUT2D eigenvalue weighted by atomic mass is 9.85. The smallest absolute Gasteiger partial charge is 0.226 e. The van der Waals surface area contributed by atoms with E-state index in [1.54, 1.807) is 14.2 Å². The Labute approximate surface area is 174 Å². The van der Waals surface area contributed by atoms with Gasteiger partial charge < -0.3 is 14.8 Å². The zero-order valence-electron chi connectivity index (χ0n) is 16.9. The summed E-state index contributed by atoms with van der Waals surface area (Å²) in [5.41, 5.74) is 3.60. The van der Waals surface area contributed by atoms with Gasteiger partial charge in [0.05, 0.1) is 14.2 Å². The SMILES string of the molecule is COc1ccc(-c2nc3n(n2)C(c2ccc(OC)cc2)C2=C(CCCC2=O)N3)cc1. The number of carbonyl (C=O) groups excluding carboxylic acids is 1. The largest absolute Gasteiger partial charge is 0.497 e. The highest BCUT2D eigenvalue weighted by Gasteiger charge is 2.36. The zero-order valence-corrected chi connectivity index (χ0v) is 16.9. The van der Waals surface area contributed by atoms with Gasteiger partial charge >= 0.3 is 0 Å². The molecule has 0 radical (unpaired) electrons. The molecule has 0 saturated carbocycles. The summed E-state index contributed by atoms with van der Waals surface area (Å²) in [5.74, 6) is 2.96. The van der Waals surface area contributed by atoms with Gasteiger partial charge in [0, 0.05) is 23.3 Å². The second-order valence-corrected chi connectivity index (χ2v) is 7.40. The van der Waals surface area contributed by atoms with Crippen molar-refractivity contribution >= 4 is 11.7 Å². The first-order valence-electron chi connectivity index (χ1n) is 9.96. The summed E-state index contributed by atoms with van der Waals surface area (Å²) in [6, 6.07) is 15.1. The van der Waals surface area contributed by atoms with Crippen molar-refractivity contribution in [3.05, 3.63) is 65.4 Å². The third kappa shape index (κ3) is 3.03. The third-order valence-corrected chi connectivity index (χ3v) is 5.65. The monoisotopic (exact) mass is 402 g/mol. The second-order valence-electron chi connectivity index (χ2n) is 7.40. The van der Waals surface area contributed by atoms with Crippen LogP contribution in [0.3, 0.4) is 0 Å². The van der Waals surface area contributed by atoms with E-state index in [2.05, 4.69) is 5.32 Å². The first kappa shape index (κ1) is 18.4. The molecule has 2 aliphatic rings. The highest BCUT2D eigenvalue weighted by atomic mass is 16.5. The van der Waals surface area contributed by atoms with E-state index in [-0.39, 0.29) is 11.8 Å². The van der Waals surface area contributed by atoms with Crippen LogP contribution in [-0.4, -0.2) is 34.8 Å². The Morgan fingerprint density at radius 3 is 2.30 bits per heavy atom. The fourth-order valence-corrected chi connectivity index (χ4v) is 4.11. The standard InChI is InChI=1S/C23H22N4O3/c1-29-16-10-6-14(7-11-16)21-20-18(4-3-5-19(20)28)24-23-25-22(26-27(21)23)15-8-12-17(30-2)13-9-15/h6-13,21H,3-5H2,1-2H3,(H,24,25,26). The molecule has 2 heterocycles. The number of Topliss-reactive ketones (excluding diaryl/α,β-unsaturated/α-hetero) is 1. The number of ketones is 1. The molecule has 30 heavy (non-hydrogen) atoms. The van der Waals surface area contributed by atoms with Crippen molar-refractivity contribution in [1.82, 2.24) is 14.8 Å². The summed E-state index contributed by atoms with van der Waals surface area (Å²) >= 11 is 0. The molecule has 152 valence electrons. The number of hydrogen-bond donors (Lipinski definition) is 1. The molecule has 5 rings (SSSR count). The number of aromatic nitrogens is 3. The van der Waals surface area contributed by atoms with Crippen LogP contribution in [0.2, 0.25) is 0 Å². The van der Waals surface area contributed by atoms with Crippen LogP contribution in [0, 0.1) is 0 Å². The van der Waals surface area contributed by atoms with Crippen molar-refractivity contribution in [2.24, 2.45) is 0 Å². The lowest BCUT2D eigenvalue weighted by Crippen LogP contribution is -2.31. The Bertz CT molecular complexity index is 1130. The van der Waals surface area contributed by atoms with Crippen LogP contribution < -0.4 is 14.8 Å². The number of fused-ring (bicyclic) bond motifs is 1.